The Morgan fingerprint density at radius 3 is 2.70 bits per heavy atom. The first-order chi connectivity index (χ1) is 9.58. The second kappa shape index (κ2) is 9.03. The highest BCUT2D eigenvalue weighted by molar-refractivity contribution is 9.10. The van der Waals surface area contributed by atoms with Gasteiger partial charge in [0.2, 0.25) is 0 Å². The average molecular weight is 342 g/mol. The molecule has 0 amide bonds. The number of ether oxygens (including phenoxy) is 2. The molecular formula is C16H24BrNO2. The van der Waals surface area contributed by atoms with E-state index in [1.165, 1.54) is 5.56 Å². The third-order valence-electron chi connectivity index (χ3n) is 2.60. The summed E-state index contributed by atoms with van der Waals surface area (Å²) >= 11 is 3.55. The maximum absolute atomic E-state index is 5.67. The molecule has 4 heteroatoms. The van der Waals surface area contributed by atoms with Gasteiger partial charge in [-0.05, 0) is 53.0 Å². The zero-order valence-corrected chi connectivity index (χ0v) is 14.1. The molecule has 0 spiro atoms. The van der Waals surface area contributed by atoms with Gasteiger partial charge in [0.1, 0.15) is 6.61 Å². The van der Waals surface area contributed by atoms with E-state index in [1.54, 1.807) is 6.08 Å². The van der Waals surface area contributed by atoms with E-state index in [0.717, 1.165) is 29.1 Å². The molecule has 0 bridgehead atoms. The molecular weight excluding hydrogens is 318 g/mol. The number of hydrogen-bond donors (Lipinski definition) is 1. The predicted octanol–water partition coefficient (Wildman–Crippen LogP) is 4.16. The summed E-state index contributed by atoms with van der Waals surface area (Å²) in [5.74, 6) is 2.14. The molecule has 1 aromatic rings. The minimum absolute atomic E-state index is 0.462. The van der Waals surface area contributed by atoms with Crippen molar-refractivity contribution < 1.29 is 9.47 Å². The zero-order chi connectivity index (χ0) is 15.0. The first-order valence-electron chi connectivity index (χ1n) is 6.98. The molecule has 0 saturated heterocycles. The van der Waals surface area contributed by atoms with Crippen molar-refractivity contribution in [2.45, 2.75) is 27.3 Å². The molecule has 1 rings (SSSR count). The van der Waals surface area contributed by atoms with Crippen LogP contribution in [0.25, 0.3) is 0 Å². The van der Waals surface area contributed by atoms with Crippen molar-refractivity contribution >= 4 is 15.9 Å². The quantitative estimate of drug-likeness (QED) is 0.684. The molecule has 0 aliphatic heterocycles. The maximum atomic E-state index is 5.67. The summed E-state index contributed by atoms with van der Waals surface area (Å²) in [6, 6.07) is 4.09. The van der Waals surface area contributed by atoms with Gasteiger partial charge in [0.15, 0.2) is 11.5 Å². The van der Waals surface area contributed by atoms with Crippen LogP contribution in [0.4, 0.5) is 0 Å². The fraction of sp³-hybridized carbons (Fsp3) is 0.500. The van der Waals surface area contributed by atoms with Gasteiger partial charge >= 0.3 is 0 Å². The number of benzene rings is 1. The molecule has 0 atom stereocenters. The molecule has 20 heavy (non-hydrogen) atoms. The van der Waals surface area contributed by atoms with E-state index in [0.29, 0.717) is 19.1 Å². The van der Waals surface area contributed by atoms with Crippen LogP contribution in [0, 0.1) is 5.92 Å². The summed E-state index contributed by atoms with van der Waals surface area (Å²) < 4.78 is 12.2. The lowest BCUT2D eigenvalue weighted by molar-refractivity contribution is 0.295. The van der Waals surface area contributed by atoms with Crippen LogP contribution in [0.3, 0.4) is 0 Å². The first kappa shape index (κ1) is 17.1. The molecule has 0 aliphatic rings. The molecule has 0 saturated carbocycles. The molecule has 0 radical (unpaired) electrons. The third-order valence-corrected chi connectivity index (χ3v) is 3.19. The van der Waals surface area contributed by atoms with E-state index in [4.69, 9.17) is 9.47 Å². The highest BCUT2D eigenvalue weighted by Crippen LogP contribution is 2.37. The Balaban J connectivity index is 2.85. The van der Waals surface area contributed by atoms with Crippen molar-refractivity contribution in [3.63, 3.8) is 0 Å². The van der Waals surface area contributed by atoms with Crippen LogP contribution in [-0.4, -0.2) is 19.8 Å². The van der Waals surface area contributed by atoms with Crippen molar-refractivity contribution in [2.75, 3.05) is 19.8 Å². The monoisotopic (exact) mass is 341 g/mol. The minimum atomic E-state index is 0.462. The molecule has 0 aromatic heterocycles. The van der Waals surface area contributed by atoms with Crippen LogP contribution in [0.1, 0.15) is 26.3 Å². The van der Waals surface area contributed by atoms with Crippen molar-refractivity contribution in [3.8, 4) is 11.5 Å². The Hall–Kier alpha value is -1.00. The number of hydrogen-bond acceptors (Lipinski definition) is 3. The van der Waals surface area contributed by atoms with Crippen molar-refractivity contribution in [2.24, 2.45) is 5.92 Å². The van der Waals surface area contributed by atoms with Crippen molar-refractivity contribution in [3.05, 3.63) is 34.8 Å². The Morgan fingerprint density at radius 2 is 2.10 bits per heavy atom. The van der Waals surface area contributed by atoms with E-state index < -0.39 is 0 Å². The maximum Gasteiger partial charge on any atom is 0.175 e. The predicted molar refractivity (Wildman–Crippen MR) is 87.5 cm³/mol. The molecule has 0 aliphatic carbocycles. The number of rotatable bonds is 9. The van der Waals surface area contributed by atoms with Gasteiger partial charge in [-0.3, -0.25) is 0 Å². The molecule has 1 N–H and O–H groups in total. The molecule has 112 valence electrons. The Morgan fingerprint density at radius 1 is 1.35 bits per heavy atom. The van der Waals surface area contributed by atoms with Crippen molar-refractivity contribution in [1.29, 1.82) is 0 Å². The lowest BCUT2D eigenvalue weighted by Crippen LogP contribution is -2.19. The fourth-order valence-electron chi connectivity index (χ4n) is 1.77. The zero-order valence-electron chi connectivity index (χ0n) is 12.5. The normalized spacial score (nSPS) is 10.7. The van der Waals surface area contributed by atoms with E-state index in [9.17, 15) is 0 Å². The standard InChI is InChI=1S/C16H24BrNO2/c1-5-7-20-16-14(17)8-13(9-15(16)19-6-2)11-18-10-12(3)4/h5,8-9,12,18H,1,6-7,10-11H2,2-4H3. The second-order valence-corrected chi connectivity index (χ2v) is 5.82. The minimum Gasteiger partial charge on any atom is -0.490 e. The van der Waals surface area contributed by atoms with Gasteiger partial charge in [0.05, 0.1) is 11.1 Å². The van der Waals surface area contributed by atoms with Crippen LogP contribution in [-0.2, 0) is 6.54 Å². The van der Waals surface area contributed by atoms with E-state index >= 15 is 0 Å². The fourth-order valence-corrected chi connectivity index (χ4v) is 2.38. The van der Waals surface area contributed by atoms with Gasteiger partial charge in [-0.25, -0.2) is 0 Å². The van der Waals surface area contributed by atoms with Crippen LogP contribution in [0.5, 0.6) is 11.5 Å². The molecule has 0 unspecified atom stereocenters. The van der Waals surface area contributed by atoms with E-state index in [2.05, 4.69) is 47.7 Å². The van der Waals surface area contributed by atoms with Gasteiger partial charge in [0.25, 0.3) is 0 Å². The van der Waals surface area contributed by atoms with Crippen LogP contribution in [0.2, 0.25) is 0 Å². The second-order valence-electron chi connectivity index (χ2n) is 4.96. The summed E-state index contributed by atoms with van der Waals surface area (Å²) in [4.78, 5) is 0. The van der Waals surface area contributed by atoms with Gasteiger partial charge in [0, 0.05) is 6.54 Å². The molecule has 3 nitrogen and oxygen atoms in total. The van der Waals surface area contributed by atoms with Crippen LogP contribution in [0.15, 0.2) is 29.3 Å². The summed E-state index contributed by atoms with van der Waals surface area (Å²) in [7, 11) is 0. The Labute approximate surface area is 130 Å². The van der Waals surface area contributed by atoms with Gasteiger partial charge < -0.3 is 14.8 Å². The summed E-state index contributed by atoms with van der Waals surface area (Å²) in [5, 5.41) is 3.43. The molecule has 1 aromatic carbocycles. The van der Waals surface area contributed by atoms with Gasteiger partial charge in [-0.2, -0.15) is 0 Å². The SMILES string of the molecule is C=CCOc1c(Br)cc(CNCC(C)C)cc1OCC. The Kier molecular flexibility index (Phi) is 7.70. The van der Waals surface area contributed by atoms with E-state index in [1.807, 2.05) is 13.0 Å². The van der Waals surface area contributed by atoms with E-state index in [-0.39, 0.29) is 0 Å². The van der Waals surface area contributed by atoms with Crippen LogP contribution >= 0.6 is 15.9 Å². The molecule has 0 heterocycles. The summed E-state index contributed by atoms with van der Waals surface area (Å²) in [6.45, 7) is 12.9. The highest BCUT2D eigenvalue weighted by atomic mass is 79.9. The lowest BCUT2D eigenvalue weighted by atomic mass is 10.2. The number of halogens is 1. The average Bonchev–Trinajstić information content (AvgIpc) is 2.38. The first-order valence-corrected chi connectivity index (χ1v) is 7.77. The summed E-state index contributed by atoms with van der Waals surface area (Å²) in [6.07, 6.45) is 1.72. The topological polar surface area (TPSA) is 30.5 Å². The third kappa shape index (κ3) is 5.55. The number of nitrogens with one attached hydrogen (secondary N) is 1. The highest BCUT2D eigenvalue weighted by Gasteiger charge is 2.12. The van der Waals surface area contributed by atoms with Crippen LogP contribution < -0.4 is 14.8 Å². The summed E-state index contributed by atoms with van der Waals surface area (Å²) in [5.41, 5.74) is 1.17. The van der Waals surface area contributed by atoms with Gasteiger partial charge in [-0.15, -0.1) is 0 Å². The van der Waals surface area contributed by atoms with Crippen molar-refractivity contribution in [1.82, 2.24) is 5.32 Å². The Bertz CT molecular complexity index is 433. The smallest absolute Gasteiger partial charge is 0.175 e. The largest absolute Gasteiger partial charge is 0.490 e. The lowest BCUT2D eigenvalue weighted by Gasteiger charge is -2.15. The van der Waals surface area contributed by atoms with Gasteiger partial charge in [-0.1, -0.05) is 26.5 Å². The molecule has 0 fully saturated rings.